The van der Waals surface area contributed by atoms with Crippen LogP contribution in [0.1, 0.15) is 58.1 Å². The summed E-state index contributed by atoms with van der Waals surface area (Å²) in [5, 5.41) is 14.4. The number of fused-ring (bicyclic) bond motifs is 1. The number of benzene rings is 7. The fourth-order valence-electron chi connectivity index (χ4n) is 9.42. The summed E-state index contributed by atoms with van der Waals surface area (Å²) in [5.41, 5.74) is 8.56. The molecule has 15 nitrogen and oxygen atoms in total. The molecule has 3 heterocycles. The Hall–Kier alpha value is -9.02. The molecular weight excluding hydrogens is 977 g/mol. The van der Waals surface area contributed by atoms with Crippen molar-refractivity contribution in [3.63, 3.8) is 0 Å². The number of rotatable bonds is 16. The molecular formula is C60H56N8O7S. The maximum atomic E-state index is 14.3. The summed E-state index contributed by atoms with van der Waals surface area (Å²) < 4.78 is 13.7. The first kappa shape index (κ1) is 51.9. The van der Waals surface area contributed by atoms with Crippen LogP contribution in [0.5, 0.6) is 5.75 Å². The molecule has 384 valence electrons. The van der Waals surface area contributed by atoms with Crippen LogP contribution in [0.2, 0.25) is 0 Å². The number of nitrogens with zero attached hydrogens (tertiary/aromatic N) is 6. The molecule has 1 aromatic heterocycles. The highest BCUT2D eigenvalue weighted by Crippen LogP contribution is 2.33. The average Bonchev–Trinajstić information content (AvgIpc) is 4.25. The molecule has 0 saturated carbocycles. The van der Waals surface area contributed by atoms with E-state index in [2.05, 4.69) is 29.7 Å². The third-order valence-electron chi connectivity index (χ3n) is 13.2. The molecule has 2 aliphatic rings. The number of carbonyl (C=O) groups excluding carboxylic acids is 4. The standard InChI is InChI=1S/C34H33N3O4.C26H23N5O3S/c1-40-30-19-17-26(18-20-30)24-41-36-29-21-31(33(38)35-22-25-11-5-2-6-12-25)37(23-29)34(39)32(27-13-7-3-8-14-27)28-15-9-4-10-16-28;1-34-28-19-15-22(25(32)27-20-13-8-14-21-24(20)30-35-29-21)31(16-19)26(33)23(17-9-4-2-5-10-17)18-11-6-3-7-12-18/h2-20,31-32H,21-24H2,1H3,(H,35,38);2-14,22-23H,15-16H2,1H3,(H,27,32)/t31-;22-/m00/s1. The van der Waals surface area contributed by atoms with Gasteiger partial charge in [-0.15, -0.1) is 0 Å². The van der Waals surface area contributed by atoms with E-state index in [1.807, 2.05) is 188 Å². The lowest BCUT2D eigenvalue weighted by Crippen LogP contribution is -2.47. The first-order valence-corrected chi connectivity index (χ1v) is 25.5. The smallest absolute Gasteiger partial charge is 0.247 e. The van der Waals surface area contributed by atoms with E-state index in [0.717, 1.165) is 50.9 Å². The number of nitrogens with one attached hydrogen (secondary N) is 2. The number of hydrogen-bond acceptors (Lipinski definition) is 12. The van der Waals surface area contributed by atoms with Gasteiger partial charge in [-0.1, -0.05) is 180 Å². The van der Waals surface area contributed by atoms with Crippen LogP contribution in [0.15, 0.2) is 204 Å². The van der Waals surface area contributed by atoms with Crippen molar-refractivity contribution in [3.05, 3.63) is 228 Å². The van der Waals surface area contributed by atoms with Crippen molar-refractivity contribution in [2.45, 2.75) is 49.9 Å². The van der Waals surface area contributed by atoms with E-state index in [4.69, 9.17) is 14.4 Å². The summed E-state index contributed by atoms with van der Waals surface area (Å²) in [6.45, 7) is 1.06. The van der Waals surface area contributed by atoms with Gasteiger partial charge in [-0.05, 0) is 57.6 Å². The minimum absolute atomic E-state index is 0.150. The Morgan fingerprint density at radius 2 is 1.05 bits per heavy atom. The molecule has 2 aliphatic heterocycles. The zero-order chi connectivity index (χ0) is 52.6. The molecule has 2 fully saturated rings. The van der Waals surface area contributed by atoms with Crippen LogP contribution in [-0.4, -0.2) is 93.0 Å². The van der Waals surface area contributed by atoms with E-state index in [9.17, 15) is 19.2 Å². The summed E-state index contributed by atoms with van der Waals surface area (Å²) in [7, 11) is 3.08. The molecule has 0 bridgehead atoms. The van der Waals surface area contributed by atoms with Gasteiger partial charge in [0.05, 0.1) is 60.9 Å². The second kappa shape index (κ2) is 25.3. The number of aromatic nitrogens is 2. The van der Waals surface area contributed by atoms with Gasteiger partial charge < -0.3 is 34.8 Å². The highest BCUT2D eigenvalue weighted by molar-refractivity contribution is 7.00. The normalized spacial score (nSPS) is 16.1. The van der Waals surface area contributed by atoms with Gasteiger partial charge in [-0.3, -0.25) is 19.2 Å². The summed E-state index contributed by atoms with van der Waals surface area (Å²) >= 11 is 1.09. The van der Waals surface area contributed by atoms with E-state index < -0.39 is 23.9 Å². The average molecular weight is 1030 g/mol. The van der Waals surface area contributed by atoms with Gasteiger partial charge >= 0.3 is 0 Å². The molecule has 2 saturated heterocycles. The largest absolute Gasteiger partial charge is 0.497 e. The van der Waals surface area contributed by atoms with Crippen molar-refractivity contribution in [3.8, 4) is 5.75 Å². The van der Waals surface area contributed by atoms with E-state index in [-0.39, 0.29) is 49.7 Å². The number of carbonyl (C=O) groups is 4. The topological polar surface area (TPSA) is 177 Å². The van der Waals surface area contributed by atoms with E-state index >= 15 is 0 Å². The molecule has 76 heavy (non-hydrogen) atoms. The lowest BCUT2D eigenvalue weighted by molar-refractivity contribution is -0.138. The number of ether oxygens (including phenoxy) is 1. The van der Waals surface area contributed by atoms with Crippen molar-refractivity contribution in [1.29, 1.82) is 0 Å². The maximum Gasteiger partial charge on any atom is 0.247 e. The molecule has 2 atom stereocenters. The quantitative estimate of drug-likeness (QED) is 0.0893. The van der Waals surface area contributed by atoms with Crippen LogP contribution in [0.4, 0.5) is 5.69 Å². The van der Waals surface area contributed by atoms with Gasteiger partial charge in [0.1, 0.15) is 42.6 Å². The fraction of sp³-hybridized carbons (Fsp3) is 0.200. The Morgan fingerprint density at radius 1 is 0.566 bits per heavy atom. The Balaban J connectivity index is 0.000000188. The molecule has 16 heteroatoms. The fourth-order valence-corrected chi connectivity index (χ4v) is 9.97. The molecule has 7 aromatic carbocycles. The third-order valence-corrected chi connectivity index (χ3v) is 13.7. The number of methoxy groups -OCH3 is 1. The molecule has 0 radical (unpaired) electrons. The van der Waals surface area contributed by atoms with Crippen molar-refractivity contribution in [1.82, 2.24) is 23.9 Å². The van der Waals surface area contributed by atoms with Crippen LogP contribution in [0.3, 0.4) is 0 Å². The lowest BCUT2D eigenvalue weighted by atomic mass is 9.90. The highest BCUT2D eigenvalue weighted by Gasteiger charge is 2.43. The number of likely N-dealkylation sites (tertiary alicyclic amines) is 2. The Labute approximate surface area is 445 Å². The van der Waals surface area contributed by atoms with Crippen LogP contribution in [0.25, 0.3) is 11.0 Å². The molecule has 8 aromatic rings. The first-order valence-electron chi connectivity index (χ1n) is 24.8. The number of anilines is 1. The molecule has 0 unspecified atom stereocenters. The van der Waals surface area contributed by atoms with Gasteiger partial charge in [0, 0.05) is 19.4 Å². The summed E-state index contributed by atoms with van der Waals surface area (Å²) in [5.74, 6) is -1.19. The van der Waals surface area contributed by atoms with E-state index in [0.29, 0.717) is 41.1 Å². The lowest BCUT2D eigenvalue weighted by Gasteiger charge is -2.28. The van der Waals surface area contributed by atoms with Crippen molar-refractivity contribution < 1.29 is 33.6 Å². The third kappa shape index (κ3) is 12.7. The number of amides is 4. The van der Waals surface area contributed by atoms with Gasteiger partial charge in [0.25, 0.3) is 0 Å². The van der Waals surface area contributed by atoms with Gasteiger partial charge in [-0.25, -0.2) is 0 Å². The zero-order valence-electron chi connectivity index (χ0n) is 42.0. The second-order valence-corrected chi connectivity index (χ2v) is 18.7. The maximum absolute atomic E-state index is 14.3. The molecule has 2 N–H and O–H groups in total. The second-order valence-electron chi connectivity index (χ2n) is 18.1. The van der Waals surface area contributed by atoms with Crippen LogP contribution in [0, 0.1) is 0 Å². The van der Waals surface area contributed by atoms with Crippen LogP contribution < -0.4 is 15.4 Å². The van der Waals surface area contributed by atoms with Gasteiger partial charge in [0.15, 0.2) is 0 Å². The Kier molecular flexibility index (Phi) is 17.3. The number of oxime groups is 2. The predicted molar refractivity (Wildman–Crippen MR) is 294 cm³/mol. The van der Waals surface area contributed by atoms with E-state index in [1.165, 1.54) is 7.11 Å². The summed E-state index contributed by atoms with van der Waals surface area (Å²) in [6.07, 6.45) is 0.582. The minimum Gasteiger partial charge on any atom is -0.497 e. The first-order chi connectivity index (χ1) is 37.3. The molecule has 10 rings (SSSR count). The highest BCUT2D eigenvalue weighted by atomic mass is 32.1. The predicted octanol–water partition coefficient (Wildman–Crippen LogP) is 9.38. The molecule has 4 amide bonds. The Morgan fingerprint density at radius 3 is 1.55 bits per heavy atom. The summed E-state index contributed by atoms with van der Waals surface area (Å²) in [6, 6.07) is 59.8. The molecule has 0 aliphatic carbocycles. The van der Waals surface area contributed by atoms with Crippen molar-refractivity contribution in [2.24, 2.45) is 10.3 Å². The van der Waals surface area contributed by atoms with Crippen LogP contribution in [-0.2, 0) is 42.0 Å². The van der Waals surface area contributed by atoms with Gasteiger partial charge in [-0.2, -0.15) is 8.75 Å². The van der Waals surface area contributed by atoms with Crippen molar-refractivity contribution in [2.75, 3.05) is 32.6 Å². The monoisotopic (exact) mass is 1030 g/mol. The van der Waals surface area contributed by atoms with Crippen molar-refractivity contribution >= 4 is 63.5 Å². The number of hydrogen-bond donors (Lipinski definition) is 2. The van der Waals surface area contributed by atoms with Crippen LogP contribution >= 0.6 is 11.7 Å². The summed E-state index contributed by atoms with van der Waals surface area (Å²) in [4.78, 5) is 69.2. The molecule has 0 spiro atoms. The SMILES string of the molecule is CON=C1C[C@@H](C(=O)Nc2cccc3nsnc23)N(C(=O)C(c2ccccc2)c2ccccc2)C1.COc1ccc(CON=C2C[C@@H](C(=O)NCc3ccccc3)N(C(=O)C(c3ccccc3)c3ccccc3)C2)cc1. The van der Waals surface area contributed by atoms with E-state index in [1.54, 1.807) is 23.0 Å². The van der Waals surface area contributed by atoms with Gasteiger partial charge in [0.2, 0.25) is 23.6 Å². The Bertz CT molecular complexity index is 3200. The zero-order valence-corrected chi connectivity index (χ0v) is 42.8. The minimum atomic E-state index is -0.742.